The molecule has 2 aliphatic heterocycles. The predicted molar refractivity (Wildman–Crippen MR) is 170 cm³/mol. The zero-order chi connectivity index (χ0) is 34.5. The van der Waals surface area contributed by atoms with Gasteiger partial charge in [0.05, 0.1) is 0 Å². The molecular formula is C32H47F5N4O4S. The SMILES string of the molecule is Cc1cc(N(C)C(=O)OC(C)(C)C)cc(C)c1CC[S@+]([O-])N1CCC2(CC1)N=C(CCCCCCCC(F)(F)C(F)(F)F)NC2=O. The normalized spacial score (nSPS) is 18.0. The van der Waals surface area contributed by atoms with Crippen LogP contribution in [0.4, 0.5) is 32.4 Å². The van der Waals surface area contributed by atoms with Crippen molar-refractivity contribution in [2.24, 2.45) is 4.99 Å². The van der Waals surface area contributed by atoms with Crippen molar-refractivity contribution in [2.45, 2.75) is 122 Å². The number of rotatable bonds is 13. The average Bonchev–Trinajstić information content (AvgIpc) is 3.23. The molecule has 1 saturated heterocycles. The van der Waals surface area contributed by atoms with E-state index in [1.54, 1.807) is 7.05 Å². The van der Waals surface area contributed by atoms with E-state index >= 15 is 0 Å². The molecule has 0 saturated carbocycles. The molecule has 0 radical (unpaired) electrons. The number of amides is 2. The molecule has 0 unspecified atom stereocenters. The minimum atomic E-state index is -5.51. The molecule has 1 atom stereocenters. The van der Waals surface area contributed by atoms with E-state index < -0.39 is 47.1 Å². The van der Waals surface area contributed by atoms with E-state index in [9.17, 15) is 36.1 Å². The van der Waals surface area contributed by atoms with Gasteiger partial charge in [0, 0.05) is 56.4 Å². The highest BCUT2D eigenvalue weighted by molar-refractivity contribution is 7.89. The topological polar surface area (TPSA) is 97.3 Å². The summed E-state index contributed by atoms with van der Waals surface area (Å²) in [5, 5.41) is 2.85. The van der Waals surface area contributed by atoms with Crippen molar-refractivity contribution in [3.8, 4) is 0 Å². The van der Waals surface area contributed by atoms with Gasteiger partial charge in [-0.25, -0.2) is 4.79 Å². The van der Waals surface area contributed by atoms with Gasteiger partial charge in [-0.3, -0.25) is 14.7 Å². The molecule has 3 rings (SSSR count). The molecule has 1 spiro atoms. The molecule has 260 valence electrons. The smallest absolute Gasteiger partial charge is 0.453 e. The number of anilines is 1. The first-order valence-electron chi connectivity index (χ1n) is 15.8. The van der Waals surface area contributed by atoms with Crippen LogP contribution in [0.15, 0.2) is 17.1 Å². The number of amidine groups is 1. The first kappa shape index (κ1) is 38.0. The van der Waals surface area contributed by atoms with Gasteiger partial charge in [-0.15, -0.1) is 4.31 Å². The summed E-state index contributed by atoms with van der Waals surface area (Å²) in [7, 11) is 1.67. The van der Waals surface area contributed by atoms with Gasteiger partial charge < -0.3 is 14.6 Å². The summed E-state index contributed by atoms with van der Waals surface area (Å²) >= 11 is -1.25. The number of aliphatic imine (C=N–C) groups is 1. The van der Waals surface area contributed by atoms with Gasteiger partial charge in [0.15, 0.2) is 0 Å². The Labute approximate surface area is 271 Å². The van der Waals surface area contributed by atoms with Crippen molar-refractivity contribution in [1.82, 2.24) is 9.62 Å². The molecule has 1 aromatic carbocycles. The van der Waals surface area contributed by atoms with Gasteiger partial charge in [-0.1, -0.05) is 19.3 Å². The zero-order valence-electron chi connectivity index (χ0n) is 27.6. The summed E-state index contributed by atoms with van der Waals surface area (Å²) < 4.78 is 83.4. The van der Waals surface area contributed by atoms with Crippen LogP contribution in [0.25, 0.3) is 0 Å². The highest BCUT2D eigenvalue weighted by Crippen LogP contribution is 2.39. The number of ether oxygens (including phenoxy) is 1. The standard InChI is InChI=1S/C32H47F5N4O4S/c1-22-20-24(40(6)28(43)45-29(3,4)5)21-23(2)25(22)13-19-46(44)41-17-15-30(16-18-41)27(42)38-26(39-30)12-10-8-7-9-11-14-31(33,34)32(35,36)37/h20-21H,7-19H2,1-6H3,(H,38,39,42)/t46-/m0/s1. The summed E-state index contributed by atoms with van der Waals surface area (Å²) in [6.45, 7) is 10.3. The van der Waals surface area contributed by atoms with Gasteiger partial charge in [-0.2, -0.15) is 22.0 Å². The van der Waals surface area contributed by atoms with E-state index in [-0.39, 0.29) is 18.7 Å². The van der Waals surface area contributed by atoms with Crippen LogP contribution in [0.2, 0.25) is 0 Å². The molecule has 0 bridgehead atoms. The minimum absolute atomic E-state index is 0.176. The van der Waals surface area contributed by atoms with Crippen LogP contribution in [-0.4, -0.2) is 75.8 Å². The zero-order valence-corrected chi connectivity index (χ0v) is 28.4. The maximum Gasteiger partial charge on any atom is 0.453 e. The number of hydrogen-bond donors (Lipinski definition) is 1. The first-order valence-corrected chi connectivity index (χ1v) is 17.1. The van der Waals surface area contributed by atoms with E-state index in [2.05, 4.69) is 10.3 Å². The Morgan fingerprint density at radius 2 is 1.59 bits per heavy atom. The molecule has 2 amide bonds. The third-order valence-corrected chi connectivity index (χ3v) is 9.94. The number of carbonyl (C=O) groups is 2. The fraction of sp³-hybridized carbons (Fsp3) is 0.719. The molecule has 0 aliphatic carbocycles. The number of halogens is 5. The quantitative estimate of drug-likeness (QED) is 0.136. The Kier molecular flexibility index (Phi) is 12.5. The van der Waals surface area contributed by atoms with E-state index in [0.717, 1.165) is 22.4 Å². The fourth-order valence-electron chi connectivity index (χ4n) is 5.73. The Balaban J connectivity index is 1.43. The van der Waals surface area contributed by atoms with Crippen LogP contribution in [0.3, 0.4) is 0 Å². The van der Waals surface area contributed by atoms with Gasteiger partial charge in [-0.05, 0) is 89.1 Å². The molecular weight excluding hydrogens is 631 g/mol. The molecule has 1 aromatic rings. The fourth-order valence-corrected chi connectivity index (χ4v) is 6.95. The van der Waals surface area contributed by atoms with Crippen LogP contribution in [0.1, 0.15) is 95.2 Å². The number of alkyl halides is 5. The van der Waals surface area contributed by atoms with E-state index in [0.29, 0.717) is 69.6 Å². The van der Waals surface area contributed by atoms with Crippen molar-refractivity contribution in [3.05, 3.63) is 28.8 Å². The lowest BCUT2D eigenvalue weighted by molar-refractivity contribution is -0.284. The predicted octanol–water partition coefficient (Wildman–Crippen LogP) is 7.17. The second-order valence-corrected chi connectivity index (χ2v) is 14.9. The Bertz CT molecular complexity index is 1240. The Morgan fingerprint density at radius 1 is 1.02 bits per heavy atom. The van der Waals surface area contributed by atoms with Crippen molar-refractivity contribution in [2.75, 3.05) is 30.8 Å². The Morgan fingerprint density at radius 3 is 2.15 bits per heavy atom. The van der Waals surface area contributed by atoms with Crippen LogP contribution in [-0.2, 0) is 27.3 Å². The lowest BCUT2D eigenvalue weighted by Gasteiger charge is -2.35. The first-order chi connectivity index (χ1) is 21.2. The van der Waals surface area contributed by atoms with Crippen molar-refractivity contribution in [3.63, 3.8) is 0 Å². The highest BCUT2D eigenvalue weighted by atomic mass is 32.2. The molecule has 2 aliphatic rings. The third kappa shape index (κ3) is 10.0. The second-order valence-electron chi connectivity index (χ2n) is 13.3. The molecule has 2 heterocycles. The average molecular weight is 679 g/mol. The monoisotopic (exact) mass is 678 g/mol. The summed E-state index contributed by atoms with van der Waals surface area (Å²) in [6.07, 6.45) is -3.34. The summed E-state index contributed by atoms with van der Waals surface area (Å²) in [5.74, 6) is -3.84. The van der Waals surface area contributed by atoms with Crippen molar-refractivity contribution >= 4 is 34.9 Å². The number of unbranched alkanes of at least 4 members (excludes halogenated alkanes) is 4. The number of piperidine rings is 1. The highest BCUT2D eigenvalue weighted by Gasteiger charge is 2.56. The molecule has 1 fully saturated rings. The maximum atomic E-state index is 13.2. The molecule has 1 N–H and O–H groups in total. The van der Waals surface area contributed by atoms with Crippen LogP contribution in [0, 0.1) is 13.8 Å². The molecule has 0 aromatic heterocycles. The van der Waals surface area contributed by atoms with Crippen LogP contribution >= 0.6 is 0 Å². The van der Waals surface area contributed by atoms with Crippen LogP contribution in [0.5, 0.6) is 0 Å². The Hall–Kier alpha value is -2.45. The van der Waals surface area contributed by atoms with Crippen molar-refractivity contribution < 1.29 is 40.8 Å². The number of aryl methyl sites for hydroxylation is 2. The van der Waals surface area contributed by atoms with Gasteiger partial charge in [0.1, 0.15) is 22.7 Å². The van der Waals surface area contributed by atoms with Gasteiger partial charge in [0.2, 0.25) is 0 Å². The lowest BCUT2D eigenvalue weighted by atomic mass is 9.89. The van der Waals surface area contributed by atoms with Crippen molar-refractivity contribution in [1.29, 1.82) is 0 Å². The van der Waals surface area contributed by atoms with Gasteiger partial charge >= 0.3 is 18.2 Å². The largest absolute Gasteiger partial charge is 0.598 e. The number of nitrogens with zero attached hydrogens (tertiary/aromatic N) is 3. The number of hydrogen-bond acceptors (Lipinski definition) is 6. The van der Waals surface area contributed by atoms with E-state index in [1.165, 1.54) is 4.90 Å². The van der Waals surface area contributed by atoms with E-state index in [4.69, 9.17) is 4.74 Å². The lowest BCUT2D eigenvalue weighted by Crippen LogP contribution is -2.50. The van der Waals surface area contributed by atoms with E-state index in [1.807, 2.05) is 51.1 Å². The summed E-state index contributed by atoms with van der Waals surface area (Å²) in [4.78, 5) is 31.5. The number of carbonyl (C=O) groups excluding carboxylic acids is 2. The summed E-state index contributed by atoms with van der Waals surface area (Å²) in [6, 6.07) is 3.85. The molecule has 14 heteroatoms. The summed E-state index contributed by atoms with van der Waals surface area (Å²) in [5.41, 5.74) is 2.29. The third-order valence-electron chi connectivity index (χ3n) is 8.45. The molecule has 8 nitrogen and oxygen atoms in total. The molecule has 46 heavy (non-hydrogen) atoms. The number of nitrogens with one attached hydrogen (secondary N) is 1. The maximum absolute atomic E-state index is 13.2. The van der Waals surface area contributed by atoms with Crippen LogP contribution < -0.4 is 10.2 Å². The second kappa shape index (κ2) is 15.2. The van der Waals surface area contributed by atoms with Gasteiger partial charge in [0.25, 0.3) is 5.91 Å². The number of benzene rings is 1. The minimum Gasteiger partial charge on any atom is -0.598 e.